The van der Waals surface area contributed by atoms with Crippen LogP contribution in [0.4, 0.5) is 5.69 Å². The molecular formula is C18H24N2O2. The summed E-state index contributed by atoms with van der Waals surface area (Å²) in [5.41, 5.74) is 1.75. The lowest BCUT2D eigenvalue weighted by Gasteiger charge is -2.31. The third-order valence-corrected chi connectivity index (χ3v) is 4.52. The maximum atomic E-state index is 13.0. The molecule has 1 N–H and O–H groups in total. The number of nitrogens with one attached hydrogen (secondary N) is 1. The second-order valence-electron chi connectivity index (χ2n) is 6.84. The molecule has 1 aliphatic carbocycles. The van der Waals surface area contributed by atoms with Gasteiger partial charge in [-0.05, 0) is 36.8 Å². The van der Waals surface area contributed by atoms with E-state index in [2.05, 4.69) is 19.2 Å². The van der Waals surface area contributed by atoms with Gasteiger partial charge in [-0.1, -0.05) is 32.0 Å². The molecule has 2 amide bonds. The predicted octanol–water partition coefficient (Wildman–Crippen LogP) is 3.15. The second kappa shape index (κ2) is 6.11. The SMILES string of the molecule is CC(C)CCN(C(=O)C1CC(=O)Nc2ccccc21)C1CC1. The van der Waals surface area contributed by atoms with Gasteiger partial charge >= 0.3 is 0 Å². The van der Waals surface area contributed by atoms with E-state index < -0.39 is 0 Å². The van der Waals surface area contributed by atoms with Crippen molar-refractivity contribution in [3.8, 4) is 0 Å². The number of rotatable bonds is 5. The molecule has 1 aromatic carbocycles. The molecule has 1 atom stereocenters. The Morgan fingerprint density at radius 2 is 2.05 bits per heavy atom. The fraction of sp³-hybridized carbons (Fsp3) is 0.556. The van der Waals surface area contributed by atoms with Crippen molar-refractivity contribution in [2.75, 3.05) is 11.9 Å². The third kappa shape index (κ3) is 3.16. The van der Waals surface area contributed by atoms with E-state index in [1.165, 1.54) is 0 Å². The average molecular weight is 300 g/mol. The Labute approximate surface area is 131 Å². The summed E-state index contributed by atoms with van der Waals surface area (Å²) in [4.78, 5) is 27.0. The van der Waals surface area contributed by atoms with E-state index in [9.17, 15) is 9.59 Å². The van der Waals surface area contributed by atoms with Gasteiger partial charge in [-0.15, -0.1) is 0 Å². The van der Waals surface area contributed by atoms with Crippen molar-refractivity contribution in [3.63, 3.8) is 0 Å². The highest BCUT2D eigenvalue weighted by Gasteiger charge is 2.39. The number of hydrogen-bond donors (Lipinski definition) is 1. The van der Waals surface area contributed by atoms with E-state index >= 15 is 0 Å². The molecule has 1 saturated carbocycles. The molecule has 1 fully saturated rings. The van der Waals surface area contributed by atoms with E-state index in [1.807, 2.05) is 29.2 Å². The largest absolute Gasteiger partial charge is 0.339 e. The lowest BCUT2D eigenvalue weighted by atomic mass is 9.89. The minimum Gasteiger partial charge on any atom is -0.339 e. The van der Waals surface area contributed by atoms with Crippen molar-refractivity contribution < 1.29 is 9.59 Å². The van der Waals surface area contributed by atoms with Crippen LogP contribution in [0.1, 0.15) is 51.0 Å². The fourth-order valence-electron chi connectivity index (χ4n) is 3.09. The van der Waals surface area contributed by atoms with E-state index in [0.717, 1.165) is 37.1 Å². The first-order valence-corrected chi connectivity index (χ1v) is 8.25. The first-order valence-electron chi connectivity index (χ1n) is 8.25. The van der Waals surface area contributed by atoms with Crippen molar-refractivity contribution >= 4 is 17.5 Å². The summed E-state index contributed by atoms with van der Waals surface area (Å²) in [5, 5.41) is 2.87. The van der Waals surface area contributed by atoms with E-state index in [0.29, 0.717) is 12.0 Å². The Bertz CT molecular complexity index is 578. The quantitative estimate of drug-likeness (QED) is 0.908. The molecule has 1 aromatic rings. The third-order valence-electron chi connectivity index (χ3n) is 4.52. The lowest BCUT2D eigenvalue weighted by molar-refractivity contribution is -0.135. The van der Waals surface area contributed by atoms with E-state index in [4.69, 9.17) is 0 Å². The molecule has 0 spiro atoms. The van der Waals surface area contributed by atoms with Gasteiger partial charge in [0.05, 0.1) is 5.92 Å². The maximum Gasteiger partial charge on any atom is 0.230 e. The fourth-order valence-corrected chi connectivity index (χ4v) is 3.09. The van der Waals surface area contributed by atoms with Gasteiger partial charge in [0, 0.05) is 24.7 Å². The van der Waals surface area contributed by atoms with Gasteiger partial charge in [0.15, 0.2) is 0 Å². The molecule has 4 heteroatoms. The van der Waals surface area contributed by atoms with Crippen LogP contribution in [0.5, 0.6) is 0 Å². The van der Waals surface area contributed by atoms with Crippen LogP contribution in [0.25, 0.3) is 0 Å². The number of carbonyl (C=O) groups is 2. The highest BCUT2D eigenvalue weighted by molar-refractivity contribution is 6.01. The summed E-state index contributed by atoms with van der Waals surface area (Å²) in [5.74, 6) is 0.329. The van der Waals surface area contributed by atoms with Crippen molar-refractivity contribution in [2.24, 2.45) is 5.92 Å². The molecule has 3 rings (SSSR count). The molecule has 118 valence electrons. The van der Waals surface area contributed by atoms with Crippen molar-refractivity contribution in [2.45, 2.75) is 51.5 Å². The van der Waals surface area contributed by atoms with Crippen LogP contribution >= 0.6 is 0 Å². The molecule has 0 radical (unpaired) electrons. The van der Waals surface area contributed by atoms with Crippen LogP contribution in [0, 0.1) is 5.92 Å². The van der Waals surface area contributed by atoms with Gasteiger partial charge in [-0.25, -0.2) is 0 Å². The number of para-hydroxylation sites is 1. The molecular weight excluding hydrogens is 276 g/mol. The van der Waals surface area contributed by atoms with Crippen LogP contribution in [-0.4, -0.2) is 29.3 Å². The molecule has 1 unspecified atom stereocenters. The van der Waals surface area contributed by atoms with Crippen LogP contribution in [0.3, 0.4) is 0 Å². The van der Waals surface area contributed by atoms with Crippen LogP contribution in [0.2, 0.25) is 0 Å². The lowest BCUT2D eigenvalue weighted by Crippen LogP contribution is -2.40. The normalized spacial score (nSPS) is 20.5. The van der Waals surface area contributed by atoms with Gasteiger partial charge < -0.3 is 10.2 Å². The summed E-state index contributed by atoms with van der Waals surface area (Å²) in [6.07, 6.45) is 3.48. The predicted molar refractivity (Wildman–Crippen MR) is 86.6 cm³/mol. The molecule has 1 heterocycles. The molecule has 0 bridgehead atoms. The average Bonchev–Trinajstić information content (AvgIpc) is 3.30. The topological polar surface area (TPSA) is 49.4 Å². The zero-order chi connectivity index (χ0) is 15.7. The van der Waals surface area contributed by atoms with E-state index in [-0.39, 0.29) is 24.2 Å². The van der Waals surface area contributed by atoms with E-state index in [1.54, 1.807) is 0 Å². The monoisotopic (exact) mass is 300 g/mol. The highest BCUT2D eigenvalue weighted by atomic mass is 16.2. The molecule has 2 aliphatic rings. The maximum absolute atomic E-state index is 13.0. The van der Waals surface area contributed by atoms with Gasteiger partial charge in [0.1, 0.15) is 0 Å². The number of anilines is 1. The number of amides is 2. The van der Waals surface area contributed by atoms with Gasteiger partial charge in [0.2, 0.25) is 11.8 Å². The Morgan fingerprint density at radius 3 is 2.73 bits per heavy atom. The highest BCUT2D eigenvalue weighted by Crippen LogP contribution is 2.36. The number of benzene rings is 1. The molecule has 4 nitrogen and oxygen atoms in total. The minimum atomic E-state index is -0.322. The van der Waals surface area contributed by atoms with Gasteiger partial charge in [-0.3, -0.25) is 9.59 Å². The Kier molecular flexibility index (Phi) is 4.19. The smallest absolute Gasteiger partial charge is 0.230 e. The van der Waals surface area contributed by atoms with Crippen LogP contribution < -0.4 is 5.32 Å². The number of fused-ring (bicyclic) bond motifs is 1. The number of nitrogens with zero attached hydrogens (tertiary/aromatic N) is 1. The summed E-state index contributed by atoms with van der Waals surface area (Å²) < 4.78 is 0. The van der Waals surface area contributed by atoms with Crippen molar-refractivity contribution in [1.29, 1.82) is 0 Å². The zero-order valence-corrected chi connectivity index (χ0v) is 13.3. The van der Waals surface area contributed by atoms with Crippen molar-refractivity contribution in [1.82, 2.24) is 4.90 Å². The zero-order valence-electron chi connectivity index (χ0n) is 13.3. The number of carbonyl (C=O) groups excluding carboxylic acids is 2. The first-order chi connectivity index (χ1) is 10.6. The molecule has 1 aliphatic heterocycles. The Hall–Kier alpha value is -1.84. The van der Waals surface area contributed by atoms with Crippen molar-refractivity contribution in [3.05, 3.63) is 29.8 Å². The molecule has 0 saturated heterocycles. The Morgan fingerprint density at radius 1 is 1.32 bits per heavy atom. The summed E-state index contributed by atoms with van der Waals surface area (Å²) in [6, 6.07) is 8.06. The second-order valence-corrected chi connectivity index (χ2v) is 6.84. The molecule has 22 heavy (non-hydrogen) atoms. The summed E-state index contributed by atoms with van der Waals surface area (Å²) in [7, 11) is 0. The first kappa shape index (κ1) is 15.1. The van der Waals surface area contributed by atoms with Gasteiger partial charge in [0.25, 0.3) is 0 Å². The standard InChI is InChI=1S/C18H24N2O2/c1-12(2)9-10-20(13-7-8-13)18(22)15-11-17(21)19-16-6-4-3-5-14(15)16/h3-6,12-13,15H,7-11H2,1-2H3,(H,19,21). The molecule has 0 aromatic heterocycles. The van der Waals surface area contributed by atoms with Crippen LogP contribution in [0.15, 0.2) is 24.3 Å². The van der Waals surface area contributed by atoms with Crippen LogP contribution in [-0.2, 0) is 9.59 Å². The summed E-state index contributed by atoms with van der Waals surface area (Å²) >= 11 is 0. The Balaban J connectivity index is 1.82. The summed E-state index contributed by atoms with van der Waals surface area (Å²) in [6.45, 7) is 5.17. The number of hydrogen-bond acceptors (Lipinski definition) is 2. The minimum absolute atomic E-state index is 0.0587. The van der Waals surface area contributed by atoms with Gasteiger partial charge in [-0.2, -0.15) is 0 Å².